The zero-order chi connectivity index (χ0) is 20.9. The Morgan fingerprint density at radius 1 is 1.14 bits per heavy atom. The maximum Gasteiger partial charge on any atom is 0.410 e. The number of nitrogens with zero attached hydrogens (tertiary/aromatic N) is 4. The molecule has 3 rings (SSSR count). The van der Waals surface area contributed by atoms with Gasteiger partial charge >= 0.3 is 6.09 Å². The molecule has 1 aliphatic heterocycles. The second-order valence-electron chi connectivity index (χ2n) is 8.30. The minimum absolute atomic E-state index is 0.162. The first-order chi connectivity index (χ1) is 13.8. The van der Waals surface area contributed by atoms with Crippen molar-refractivity contribution < 1.29 is 14.3 Å². The Balaban J connectivity index is 1.48. The van der Waals surface area contributed by atoms with Gasteiger partial charge in [0.25, 0.3) is 0 Å². The highest BCUT2D eigenvalue weighted by Gasteiger charge is 2.29. The predicted molar refractivity (Wildman–Crippen MR) is 112 cm³/mol. The molecule has 0 bridgehead atoms. The Morgan fingerprint density at radius 3 is 2.34 bits per heavy atom. The van der Waals surface area contributed by atoms with E-state index in [2.05, 4.69) is 14.9 Å². The van der Waals surface area contributed by atoms with Gasteiger partial charge in [0.15, 0.2) is 5.75 Å². The molecule has 0 unspecified atom stereocenters. The Hall–Kier alpha value is -2.83. The number of hydrogen-bond donors (Lipinski definition) is 0. The number of benzene rings is 1. The highest BCUT2D eigenvalue weighted by atomic mass is 16.6. The molecular formula is C22H30N4O3. The molecule has 29 heavy (non-hydrogen) atoms. The van der Waals surface area contributed by atoms with E-state index in [9.17, 15) is 4.79 Å². The molecule has 1 fully saturated rings. The lowest BCUT2D eigenvalue weighted by atomic mass is 10.0. The van der Waals surface area contributed by atoms with Crippen molar-refractivity contribution >= 4 is 12.0 Å². The molecule has 0 spiro atoms. The molecular weight excluding hydrogens is 368 g/mol. The maximum absolute atomic E-state index is 12.3. The zero-order valence-electron chi connectivity index (χ0n) is 17.7. The summed E-state index contributed by atoms with van der Waals surface area (Å²) in [5, 5.41) is 0. The molecule has 0 radical (unpaired) electrons. The van der Waals surface area contributed by atoms with Crippen LogP contribution in [-0.4, -0.2) is 52.7 Å². The number of piperidine rings is 1. The fraction of sp³-hybridized carbons (Fsp3) is 0.500. The van der Waals surface area contributed by atoms with Crippen LogP contribution in [0.2, 0.25) is 0 Å². The van der Waals surface area contributed by atoms with Crippen molar-refractivity contribution in [2.75, 3.05) is 25.0 Å². The van der Waals surface area contributed by atoms with Crippen LogP contribution in [0.15, 0.2) is 42.7 Å². The van der Waals surface area contributed by atoms with Gasteiger partial charge < -0.3 is 19.3 Å². The lowest BCUT2D eigenvalue weighted by molar-refractivity contribution is 0.0200. The normalized spacial score (nSPS) is 15.1. The summed E-state index contributed by atoms with van der Waals surface area (Å²) in [6.45, 7) is 7.72. The van der Waals surface area contributed by atoms with Gasteiger partial charge in [0.1, 0.15) is 12.2 Å². The highest BCUT2D eigenvalue weighted by Crippen LogP contribution is 2.22. The summed E-state index contributed by atoms with van der Waals surface area (Å²) in [5.74, 6) is 1.34. The summed E-state index contributed by atoms with van der Waals surface area (Å²) in [7, 11) is 1.81. The predicted octanol–water partition coefficient (Wildman–Crippen LogP) is 3.89. The second-order valence-corrected chi connectivity index (χ2v) is 8.30. The quantitative estimate of drug-likeness (QED) is 0.761. The molecule has 156 valence electrons. The smallest absolute Gasteiger partial charge is 0.410 e. The number of carbonyl (C=O) groups is 1. The zero-order valence-corrected chi connectivity index (χ0v) is 17.7. The van der Waals surface area contributed by atoms with Crippen LogP contribution in [0.25, 0.3) is 0 Å². The van der Waals surface area contributed by atoms with Gasteiger partial charge in [-0.1, -0.05) is 30.3 Å². The molecule has 1 amide bonds. The van der Waals surface area contributed by atoms with Gasteiger partial charge in [0, 0.05) is 26.2 Å². The van der Waals surface area contributed by atoms with E-state index in [1.807, 2.05) is 58.2 Å². The average molecular weight is 399 g/mol. The second kappa shape index (κ2) is 9.11. The lowest BCUT2D eigenvalue weighted by Gasteiger charge is -2.37. The molecule has 0 aliphatic carbocycles. The summed E-state index contributed by atoms with van der Waals surface area (Å²) in [4.78, 5) is 25.0. The van der Waals surface area contributed by atoms with E-state index in [4.69, 9.17) is 9.47 Å². The van der Waals surface area contributed by atoms with Gasteiger partial charge in [-0.25, -0.2) is 14.8 Å². The summed E-state index contributed by atoms with van der Waals surface area (Å²) < 4.78 is 11.2. The molecule has 1 aromatic carbocycles. The van der Waals surface area contributed by atoms with Crippen LogP contribution in [0.4, 0.5) is 10.7 Å². The Morgan fingerprint density at radius 2 is 1.76 bits per heavy atom. The first-order valence-electron chi connectivity index (χ1n) is 10.0. The van der Waals surface area contributed by atoms with E-state index in [1.165, 1.54) is 0 Å². The van der Waals surface area contributed by atoms with Gasteiger partial charge in [-0.2, -0.15) is 0 Å². The van der Waals surface area contributed by atoms with E-state index in [0.29, 0.717) is 18.3 Å². The third kappa shape index (κ3) is 6.07. The van der Waals surface area contributed by atoms with Crippen LogP contribution < -0.4 is 9.64 Å². The summed E-state index contributed by atoms with van der Waals surface area (Å²) in [6.07, 6.45) is 4.86. The van der Waals surface area contributed by atoms with Crippen molar-refractivity contribution in [3.8, 4) is 5.75 Å². The van der Waals surface area contributed by atoms with E-state index in [1.54, 1.807) is 17.3 Å². The number of ether oxygens (including phenoxy) is 2. The topological polar surface area (TPSA) is 67.8 Å². The molecule has 2 heterocycles. The number of aromatic nitrogens is 2. The van der Waals surface area contributed by atoms with E-state index in [-0.39, 0.29) is 12.1 Å². The number of carbonyl (C=O) groups excluding carboxylic acids is 1. The summed E-state index contributed by atoms with van der Waals surface area (Å²) in [5.41, 5.74) is 0.622. The van der Waals surface area contributed by atoms with Crippen LogP contribution in [0.1, 0.15) is 39.2 Å². The Labute approximate surface area is 172 Å². The monoisotopic (exact) mass is 398 g/mol. The molecule has 7 heteroatoms. The van der Waals surface area contributed by atoms with Crippen molar-refractivity contribution in [2.45, 2.75) is 51.9 Å². The maximum atomic E-state index is 12.3. The van der Waals surface area contributed by atoms with Crippen molar-refractivity contribution in [1.29, 1.82) is 0 Å². The van der Waals surface area contributed by atoms with E-state index in [0.717, 1.165) is 31.5 Å². The summed E-state index contributed by atoms with van der Waals surface area (Å²) in [6, 6.07) is 10.2. The van der Waals surface area contributed by atoms with Crippen LogP contribution in [0.5, 0.6) is 5.75 Å². The molecule has 1 aromatic heterocycles. The molecule has 2 aromatic rings. The van der Waals surface area contributed by atoms with Crippen molar-refractivity contribution in [1.82, 2.24) is 14.9 Å². The van der Waals surface area contributed by atoms with E-state index < -0.39 is 5.60 Å². The summed E-state index contributed by atoms with van der Waals surface area (Å²) >= 11 is 0. The molecule has 0 saturated carbocycles. The fourth-order valence-corrected chi connectivity index (χ4v) is 3.22. The van der Waals surface area contributed by atoms with Crippen LogP contribution in [0.3, 0.4) is 0 Å². The minimum atomic E-state index is -0.482. The SMILES string of the molecule is CN(C(=O)OC(C)(C)C)C1CCN(c2ncc(OCc3ccccc3)cn2)CC1. The number of hydrogen-bond acceptors (Lipinski definition) is 6. The number of rotatable bonds is 5. The third-order valence-corrected chi connectivity index (χ3v) is 4.84. The minimum Gasteiger partial charge on any atom is -0.486 e. The third-order valence-electron chi connectivity index (χ3n) is 4.84. The van der Waals surface area contributed by atoms with Crippen LogP contribution >= 0.6 is 0 Å². The van der Waals surface area contributed by atoms with Gasteiger partial charge in [0.2, 0.25) is 5.95 Å². The first-order valence-corrected chi connectivity index (χ1v) is 10.0. The molecule has 1 saturated heterocycles. The van der Waals surface area contributed by atoms with Crippen molar-refractivity contribution in [2.24, 2.45) is 0 Å². The van der Waals surface area contributed by atoms with Crippen molar-refractivity contribution in [3.05, 3.63) is 48.3 Å². The Bertz CT molecular complexity index is 782. The van der Waals surface area contributed by atoms with Crippen LogP contribution in [0, 0.1) is 0 Å². The van der Waals surface area contributed by atoms with Crippen molar-refractivity contribution in [3.63, 3.8) is 0 Å². The lowest BCUT2D eigenvalue weighted by Crippen LogP contribution is -2.47. The largest absolute Gasteiger partial charge is 0.486 e. The molecule has 1 aliphatic rings. The first kappa shape index (κ1) is 20.9. The molecule has 0 N–H and O–H groups in total. The molecule has 7 nitrogen and oxygen atoms in total. The van der Waals surface area contributed by atoms with Gasteiger partial charge in [-0.15, -0.1) is 0 Å². The number of amides is 1. The van der Waals surface area contributed by atoms with Crippen LogP contribution in [-0.2, 0) is 11.3 Å². The van der Waals surface area contributed by atoms with Gasteiger partial charge in [0.05, 0.1) is 12.4 Å². The molecule has 0 atom stereocenters. The highest BCUT2D eigenvalue weighted by molar-refractivity contribution is 5.68. The standard InChI is InChI=1S/C22H30N4O3/c1-22(2,3)29-21(27)25(4)18-10-12-26(13-11-18)20-23-14-19(15-24-20)28-16-17-8-6-5-7-9-17/h5-9,14-15,18H,10-13,16H2,1-4H3. The van der Waals surface area contributed by atoms with Gasteiger partial charge in [-0.05, 0) is 39.2 Å². The number of anilines is 1. The average Bonchev–Trinajstić information content (AvgIpc) is 2.72. The fourth-order valence-electron chi connectivity index (χ4n) is 3.22. The Kier molecular flexibility index (Phi) is 6.56. The van der Waals surface area contributed by atoms with Gasteiger partial charge in [-0.3, -0.25) is 0 Å². The van der Waals surface area contributed by atoms with E-state index >= 15 is 0 Å².